The van der Waals surface area contributed by atoms with E-state index in [-0.39, 0.29) is 18.9 Å². The highest BCUT2D eigenvalue weighted by atomic mass is 16.5. The van der Waals surface area contributed by atoms with Crippen molar-refractivity contribution in [2.24, 2.45) is 5.41 Å². The molecule has 1 saturated heterocycles. The monoisotopic (exact) mass is 236 g/mol. The molecule has 2 fully saturated rings. The molecule has 1 saturated carbocycles. The van der Waals surface area contributed by atoms with Crippen LogP contribution in [0, 0.1) is 16.7 Å². The summed E-state index contributed by atoms with van der Waals surface area (Å²) < 4.78 is 5.08. The number of ether oxygens (including phenoxy) is 1. The van der Waals surface area contributed by atoms with Crippen molar-refractivity contribution in [2.75, 3.05) is 6.61 Å². The maximum absolute atomic E-state index is 12.1. The average molecular weight is 236 g/mol. The number of rotatable bonds is 2. The first-order chi connectivity index (χ1) is 8.10. The molecule has 1 aliphatic heterocycles. The summed E-state index contributed by atoms with van der Waals surface area (Å²) in [4.78, 5) is 23.8. The summed E-state index contributed by atoms with van der Waals surface area (Å²) in [7, 11) is 0. The van der Waals surface area contributed by atoms with Crippen molar-refractivity contribution in [3.8, 4) is 6.07 Å². The minimum atomic E-state index is -1.05. The van der Waals surface area contributed by atoms with E-state index in [4.69, 9.17) is 4.74 Å². The van der Waals surface area contributed by atoms with Gasteiger partial charge in [-0.1, -0.05) is 6.42 Å². The molecule has 1 N–H and O–H groups in total. The zero-order valence-corrected chi connectivity index (χ0v) is 9.91. The van der Waals surface area contributed by atoms with Crippen molar-refractivity contribution >= 4 is 11.9 Å². The molecule has 0 bridgehead atoms. The van der Waals surface area contributed by atoms with E-state index in [9.17, 15) is 14.9 Å². The van der Waals surface area contributed by atoms with E-state index in [1.165, 1.54) is 0 Å². The highest BCUT2D eigenvalue weighted by Crippen LogP contribution is 2.51. The number of nitriles is 1. The molecule has 0 aromatic rings. The molecule has 5 nitrogen and oxygen atoms in total. The molecule has 0 aromatic heterocycles. The molecule has 2 aliphatic rings. The van der Waals surface area contributed by atoms with Gasteiger partial charge in [-0.3, -0.25) is 9.59 Å². The van der Waals surface area contributed by atoms with Crippen LogP contribution in [0.3, 0.4) is 0 Å². The summed E-state index contributed by atoms with van der Waals surface area (Å²) in [6.45, 7) is 2.01. The smallest absolute Gasteiger partial charge is 0.316 e. The van der Waals surface area contributed by atoms with Gasteiger partial charge in [0.05, 0.1) is 12.7 Å². The van der Waals surface area contributed by atoms with Crippen molar-refractivity contribution in [3.05, 3.63) is 0 Å². The first-order valence-corrected chi connectivity index (χ1v) is 6.00. The van der Waals surface area contributed by atoms with Crippen LogP contribution < -0.4 is 5.32 Å². The van der Waals surface area contributed by atoms with Gasteiger partial charge in [0, 0.05) is 6.42 Å². The number of fused-ring (bicyclic) bond motifs is 1. The Morgan fingerprint density at radius 2 is 2.24 bits per heavy atom. The Morgan fingerprint density at radius 1 is 1.53 bits per heavy atom. The lowest BCUT2D eigenvalue weighted by Gasteiger charge is -2.41. The molecular formula is C12H16N2O3. The molecule has 1 amide bonds. The van der Waals surface area contributed by atoms with Crippen LogP contribution in [0.1, 0.15) is 39.0 Å². The Hall–Kier alpha value is -1.57. The van der Waals surface area contributed by atoms with E-state index in [2.05, 4.69) is 11.4 Å². The summed E-state index contributed by atoms with van der Waals surface area (Å²) in [5, 5.41) is 12.1. The first kappa shape index (κ1) is 11.9. The second kappa shape index (κ2) is 4.02. The maximum atomic E-state index is 12.1. The lowest BCUT2D eigenvalue weighted by molar-refractivity contribution is -0.160. The van der Waals surface area contributed by atoms with Crippen molar-refractivity contribution in [3.63, 3.8) is 0 Å². The van der Waals surface area contributed by atoms with Gasteiger partial charge >= 0.3 is 5.97 Å². The van der Waals surface area contributed by atoms with Crippen LogP contribution in [0.15, 0.2) is 0 Å². The van der Waals surface area contributed by atoms with Crippen LogP contribution >= 0.6 is 0 Å². The van der Waals surface area contributed by atoms with Crippen LogP contribution in [0.25, 0.3) is 0 Å². The summed E-state index contributed by atoms with van der Waals surface area (Å²) >= 11 is 0. The number of carbonyl (C=O) groups excluding carboxylic acids is 2. The third-order valence-electron chi connectivity index (χ3n) is 3.89. The van der Waals surface area contributed by atoms with Crippen molar-refractivity contribution < 1.29 is 14.3 Å². The lowest BCUT2D eigenvalue weighted by Crippen LogP contribution is -2.57. The number of hydrogen-bond acceptors (Lipinski definition) is 4. The molecule has 0 aromatic carbocycles. The molecule has 0 spiro atoms. The van der Waals surface area contributed by atoms with Crippen LogP contribution in [0.2, 0.25) is 0 Å². The van der Waals surface area contributed by atoms with Crippen LogP contribution in [-0.4, -0.2) is 24.0 Å². The molecule has 0 radical (unpaired) electrons. The number of esters is 1. The number of amides is 1. The van der Waals surface area contributed by atoms with Crippen molar-refractivity contribution in [1.82, 2.24) is 5.32 Å². The van der Waals surface area contributed by atoms with E-state index in [1.807, 2.05) is 0 Å². The number of hydrogen-bond donors (Lipinski definition) is 1. The van der Waals surface area contributed by atoms with E-state index < -0.39 is 16.9 Å². The molecule has 92 valence electrons. The molecule has 5 heteroatoms. The lowest BCUT2D eigenvalue weighted by atomic mass is 9.62. The van der Waals surface area contributed by atoms with Crippen LogP contribution in [0.4, 0.5) is 0 Å². The van der Waals surface area contributed by atoms with Crippen molar-refractivity contribution in [1.29, 1.82) is 5.26 Å². The summed E-state index contributed by atoms with van der Waals surface area (Å²) in [6.07, 6.45) is 2.89. The zero-order chi connectivity index (χ0) is 12.5. The molecular weight excluding hydrogens is 220 g/mol. The molecule has 2 atom stereocenters. The summed E-state index contributed by atoms with van der Waals surface area (Å²) in [5.74, 6) is -0.624. The Balaban J connectivity index is 2.42. The van der Waals surface area contributed by atoms with Gasteiger partial charge in [-0.25, -0.2) is 0 Å². The molecule has 17 heavy (non-hydrogen) atoms. The standard InChI is InChI=1S/C12H16N2O3/c1-2-17-10(16)11-5-3-4-6-12(11,8-13)14-9(15)7-11/h2-7H2,1H3,(H,14,15)/t11-,12+/m0/s1. The van der Waals surface area contributed by atoms with Gasteiger partial charge in [0.2, 0.25) is 5.91 Å². The number of carbonyl (C=O) groups is 2. The van der Waals surface area contributed by atoms with Gasteiger partial charge in [-0.15, -0.1) is 0 Å². The van der Waals surface area contributed by atoms with Crippen LogP contribution in [0.5, 0.6) is 0 Å². The average Bonchev–Trinajstić information content (AvgIpc) is 2.63. The zero-order valence-electron chi connectivity index (χ0n) is 9.91. The van der Waals surface area contributed by atoms with Gasteiger partial charge < -0.3 is 10.1 Å². The minimum absolute atomic E-state index is 0.0827. The fourth-order valence-corrected chi connectivity index (χ4v) is 3.06. The quantitative estimate of drug-likeness (QED) is 0.722. The number of nitrogens with one attached hydrogen (secondary N) is 1. The molecule has 1 heterocycles. The highest BCUT2D eigenvalue weighted by Gasteiger charge is 2.64. The predicted molar refractivity (Wildman–Crippen MR) is 58.6 cm³/mol. The summed E-state index contributed by atoms with van der Waals surface area (Å²) in [6, 6.07) is 2.16. The second-order valence-electron chi connectivity index (χ2n) is 4.75. The van der Waals surface area contributed by atoms with Gasteiger partial charge in [-0.2, -0.15) is 5.26 Å². The maximum Gasteiger partial charge on any atom is 0.316 e. The minimum Gasteiger partial charge on any atom is -0.465 e. The van der Waals surface area contributed by atoms with Gasteiger partial charge in [0.15, 0.2) is 0 Å². The van der Waals surface area contributed by atoms with E-state index in [0.29, 0.717) is 12.8 Å². The Morgan fingerprint density at radius 3 is 2.88 bits per heavy atom. The predicted octanol–water partition coefficient (Wildman–Crippen LogP) is 0.892. The topological polar surface area (TPSA) is 79.2 Å². The SMILES string of the molecule is CCOC(=O)[C@@]12CCCC[C@]1(C#N)NC(=O)C2. The highest BCUT2D eigenvalue weighted by molar-refractivity contribution is 5.93. The van der Waals surface area contributed by atoms with Gasteiger partial charge in [0.1, 0.15) is 11.0 Å². The Kier molecular flexibility index (Phi) is 2.82. The fraction of sp³-hybridized carbons (Fsp3) is 0.750. The van der Waals surface area contributed by atoms with Crippen molar-refractivity contribution in [2.45, 2.75) is 44.6 Å². The molecule has 1 aliphatic carbocycles. The fourth-order valence-electron chi connectivity index (χ4n) is 3.06. The van der Waals surface area contributed by atoms with E-state index >= 15 is 0 Å². The first-order valence-electron chi connectivity index (χ1n) is 6.00. The van der Waals surface area contributed by atoms with E-state index in [0.717, 1.165) is 12.8 Å². The third-order valence-corrected chi connectivity index (χ3v) is 3.89. The Bertz CT molecular complexity index is 401. The normalized spacial score (nSPS) is 35.6. The summed E-state index contributed by atoms with van der Waals surface area (Å²) in [5.41, 5.74) is -2.01. The molecule has 0 unspecified atom stereocenters. The Labute approximate surface area is 100 Å². The van der Waals surface area contributed by atoms with Crippen LogP contribution in [-0.2, 0) is 14.3 Å². The largest absolute Gasteiger partial charge is 0.465 e. The van der Waals surface area contributed by atoms with Gasteiger partial charge in [-0.05, 0) is 26.2 Å². The van der Waals surface area contributed by atoms with E-state index in [1.54, 1.807) is 6.92 Å². The van der Waals surface area contributed by atoms with Gasteiger partial charge in [0.25, 0.3) is 0 Å². The second-order valence-corrected chi connectivity index (χ2v) is 4.75. The third kappa shape index (κ3) is 1.51. The molecule has 2 rings (SSSR count). The number of nitrogens with zero attached hydrogens (tertiary/aromatic N) is 1.